The molecule has 0 radical (unpaired) electrons. The molecule has 1 aromatic carbocycles. The van der Waals surface area contributed by atoms with Gasteiger partial charge in [-0.05, 0) is 37.5 Å². The number of amides is 1. The molecule has 1 heterocycles. The van der Waals surface area contributed by atoms with E-state index in [1.807, 2.05) is 11.8 Å². The summed E-state index contributed by atoms with van der Waals surface area (Å²) in [5.74, 6) is 0.816. The van der Waals surface area contributed by atoms with Crippen LogP contribution in [0.4, 0.5) is 0 Å². The quantitative estimate of drug-likeness (QED) is 0.900. The molecule has 5 nitrogen and oxygen atoms in total. The molecule has 6 heteroatoms. The molecule has 2 aromatic rings. The van der Waals surface area contributed by atoms with Gasteiger partial charge in [0, 0.05) is 17.5 Å². The van der Waals surface area contributed by atoms with Gasteiger partial charge in [0.2, 0.25) is 5.91 Å². The lowest BCUT2D eigenvalue weighted by Crippen LogP contribution is -2.36. The molecule has 1 aliphatic rings. The van der Waals surface area contributed by atoms with Crippen LogP contribution >= 0.6 is 11.6 Å². The fraction of sp³-hybridized carbons (Fsp3) is 0.500. The Morgan fingerprint density at radius 3 is 2.83 bits per heavy atom. The summed E-state index contributed by atoms with van der Waals surface area (Å²) in [6.07, 6.45) is 5.06. The van der Waals surface area contributed by atoms with Crippen LogP contribution in [0.25, 0.3) is 10.9 Å². The molecule has 0 atom stereocenters. The zero-order chi connectivity index (χ0) is 17.1. The Labute approximate surface area is 146 Å². The molecule has 1 fully saturated rings. The molecule has 0 bridgehead atoms. The van der Waals surface area contributed by atoms with Crippen LogP contribution in [-0.4, -0.2) is 27.3 Å². The van der Waals surface area contributed by atoms with E-state index in [1.54, 1.807) is 18.2 Å². The zero-order valence-electron chi connectivity index (χ0n) is 13.8. The monoisotopic (exact) mass is 347 g/mol. The lowest BCUT2D eigenvalue weighted by atomic mass is 10.1. The molecule has 0 aliphatic heterocycles. The molecule has 0 unspecified atom stereocenters. The summed E-state index contributed by atoms with van der Waals surface area (Å²) in [7, 11) is 0. The van der Waals surface area contributed by atoms with Crippen LogP contribution in [0.5, 0.6) is 0 Å². The van der Waals surface area contributed by atoms with E-state index in [-0.39, 0.29) is 17.4 Å². The fourth-order valence-corrected chi connectivity index (χ4v) is 3.55. The molecule has 1 aromatic heterocycles. The molecule has 0 spiro atoms. The Morgan fingerprint density at radius 2 is 2.12 bits per heavy atom. The number of hydrogen-bond donors (Lipinski definition) is 1. The molecule has 1 N–H and O–H groups in total. The molecule has 128 valence electrons. The molecule has 1 amide bonds. The second-order valence-corrected chi connectivity index (χ2v) is 6.85. The standard InChI is InChI=1S/C18H22ClN3O2/c1-2-9-22(18(24)12-5-3-4-6-12)11-16-20-15-10-13(19)7-8-14(15)17(23)21-16/h7-8,10,12H,2-6,9,11H2,1H3,(H,20,21,23). The zero-order valence-corrected chi connectivity index (χ0v) is 14.6. The predicted molar refractivity (Wildman–Crippen MR) is 95.0 cm³/mol. The third-order valence-corrected chi connectivity index (χ3v) is 4.80. The lowest BCUT2D eigenvalue weighted by Gasteiger charge is -2.24. The van der Waals surface area contributed by atoms with Crippen LogP contribution < -0.4 is 5.56 Å². The fourth-order valence-electron chi connectivity index (χ4n) is 3.38. The number of carbonyl (C=O) groups is 1. The van der Waals surface area contributed by atoms with Crippen LogP contribution in [-0.2, 0) is 11.3 Å². The Kier molecular flexibility index (Phi) is 5.19. The van der Waals surface area contributed by atoms with E-state index in [4.69, 9.17) is 11.6 Å². The summed E-state index contributed by atoms with van der Waals surface area (Å²) < 4.78 is 0. The van der Waals surface area contributed by atoms with Crippen molar-refractivity contribution < 1.29 is 4.79 Å². The van der Waals surface area contributed by atoms with Gasteiger partial charge >= 0.3 is 0 Å². The van der Waals surface area contributed by atoms with Crippen molar-refractivity contribution in [2.45, 2.75) is 45.6 Å². The number of carbonyl (C=O) groups excluding carboxylic acids is 1. The van der Waals surface area contributed by atoms with E-state index in [2.05, 4.69) is 9.97 Å². The number of aromatic nitrogens is 2. The van der Waals surface area contributed by atoms with Crippen molar-refractivity contribution in [1.82, 2.24) is 14.9 Å². The number of benzene rings is 1. The summed E-state index contributed by atoms with van der Waals surface area (Å²) in [4.78, 5) is 34.1. The number of nitrogens with one attached hydrogen (secondary N) is 1. The highest BCUT2D eigenvalue weighted by atomic mass is 35.5. The number of nitrogens with zero attached hydrogens (tertiary/aromatic N) is 2. The first-order valence-corrected chi connectivity index (χ1v) is 8.93. The van der Waals surface area contributed by atoms with Crippen molar-refractivity contribution in [3.63, 3.8) is 0 Å². The largest absolute Gasteiger partial charge is 0.335 e. The van der Waals surface area contributed by atoms with E-state index in [0.29, 0.717) is 34.8 Å². The average molecular weight is 348 g/mol. The Bertz CT molecular complexity index is 796. The topological polar surface area (TPSA) is 66.1 Å². The van der Waals surface area contributed by atoms with Gasteiger partial charge in [-0.3, -0.25) is 9.59 Å². The van der Waals surface area contributed by atoms with Crippen LogP contribution in [0, 0.1) is 5.92 Å². The predicted octanol–water partition coefficient (Wildman–Crippen LogP) is 3.51. The van der Waals surface area contributed by atoms with Crippen molar-refractivity contribution in [3.05, 3.63) is 39.4 Å². The van der Waals surface area contributed by atoms with E-state index < -0.39 is 0 Å². The summed E-state index contributed by atoms with van der Waals surface area (Å²) in [5, 5.41) is 1.05. The van der Waals surface area contributed by atoms with E-state index in [0.717, 1.165) is 32.1 Å². The molecular weight excluding hydrogens is 326 g/mol. The van der Waals surface area contributed by atoms with Crippen molar-refractivity contribution in [3.8, 4) is 0 Å². The SMILES string of the molecule is CCCN(Cc1nc2cc(Cl)ccc2c(=O)[nH]1)C(=O)C1CCCC1. The van der Waals surface area contributed by atoms with Gasteiger partial charge in [-0.2, -0.15) is 0 Å². The summed E-state index contributed by atoms with van der Waals surface area (Å²) >= 11 is 6.00. The van der Waals surface area contributed by atoms with Gasteiger partial charge in [0.15, 0.2) is 0 Å². The number of H-pyrrole nitrogens is 1. The number of rotatable bonds is 5. The van der Waals surface area contributed by atoms with Gasteiger partial charge in [-0.15, -0.1) is 0 Å². The van der Waals surface area contributed by atoms with Crippen molar-refractivity contribution >= 4 is 28.4 Å². The van der Waals surface area contributed by atoms with Crippen LogP contribution in [0.1, 0.15) is 44.9 Å². The Balaban J connectivity index is 1.87. The van der Waals surface area contributed by atoms with Gasteiger partial charge < -0.3 is 9.88 Å². The van der Waals surface area contributed by atoms with Gasteiger partial charge in [-0.25, -0.2) is 4.98 Å². The van der Waals surface area contributed by atoms with E-state index in [1.165, 1.54) is 0 Å². The minimum absolute atomic E-state index is 0.123. The Morgan fingerprint density at radius 1 is 1.38 bits per heavy atom. The summed E-state index contributed by atoms with van der Waals surface area (Å²) in [5.41, 5.74) is 0.363. The first-order chi connectivity index (χ1) is 11.6. The van der Waals surface area contributed by atoms with Crippen molar-refractivity contribution in [1.29, 1.82) is 0 Å². The number of hydrogen-bond acceptors (Lipinski definition) is 3. The molecule has 1 saturated carbocycles. The summed E-state index contributed by atoms with van der Waals surface area (Å²) in [6.45, 7) is 3.05. The molecule has 1 aliphatic carbocycles. The molecular formula is C18H22ClN3O2. The normalized spacial score (nSPS) is 15.1. The lowest BCUT2D eigenvalue weighted by molar-refractivity contribution is -0.136. The number of aromatic amines is 1. The van der Waals surface area contributed by atoms with Gasteiger partial charge in [0.1, 0.15) is 5.82 Å². The van der Waals surface area contributed by atoms with Crippen molar-refractivity contribution in [2.24, 2.45) is 5.92 Å². The smallest absolute Gasteiger partial charge is 0.258 e. The van der Waals surface area contributed by atoms with Crippen LogP contribution in [0.15, 0.2) is 23.0 Å². The highest BCUT2D eigenvalue weighted by Gasteiger charge is 2.27. The third-order valence-electron chi connectivity index (χ3n) is 4.57. The van der Waals surface area contributed by atoms with Crippen LogP contribution in [0.2, 0.25) is 5.02 Å². The van der Waals surface area contributed by atoms with Gasteiger partial charge in [0.05, 0.1) is 17.4 Å². The maximum atomic E-state index is 12.7. The second kappa shape index (κ2) is 7.34. The van der Waals surface area contributed by atoms with E-state index in [9.17, 15) is 9.59 Å². The third kappa shape index (κ3) is 3.61. The van der Waals surface area contributed by atoms with E-state index >= 15 is 0 Å². The molecule has 0 saturated heterocycles. The maximum absolute atomic E-state index is 12.7. The highest BCUT2D eigenvalue weighted by molar-refractivity contribution is 6.31. The van der Waals surface area contributed by atoms with Crippen LogP contribution in [0.3, 0.4) is 0 Å². The minimum Gasteiger partial charge on any atom is -0.335 e. The minimum atomic E-state index is -0.198. The first-order valence-electron chi connectivity index (χ1n) is 8.55. The summed E-state index contributed by atoms with van der Waals surface area (Å²) in [6, 6.07) is 5.02. The molecule has 24 heavy (non-hydrogen) atoms. The van der Waals surface area contributed by atoms with Gasteiger partial charge in [0.25, 0.3) is 5.56 Å². The molecule has 3 rings (SSSR count). The van der Waals surface area contributed by atoms with Crippen molar-refractivity contribution in [2.75, 3.05) is 6.54 Å². The Hall–Kier alpha value is -1.88. The number of halogens is 1. The second-order valence-electron chi connectivity index (χ2n) is 6.42. The van der Waals surface area contributed by atoms with Gasteiger partial charge in [-0.1, -0.05) is 31.4 Å². The highest BCUT2D eigenvalue weighted by Crippen LogP contribution is 2.27. The average Bonchev–Trinajstić information content (AvgIpc) is 3.07. The number of fused-ring (bicyclic) bond motifs is 1. The first kappa shape index (κ1) is 17.0. The maximum Gasteiger partial charge on any atom is 0.258 e.